The summed E-state index contributed by atoms with van der Waals surface area (Å²) in [6.45, 7) is 0.517. The van der Waals surface area contributed by atoms with E-state index in [1.165, 1.54) is 0 Å². The highest BCUT2D eigenvalue weighted by Crippen LogP contribution is 2.18. The van der Waals surface area contributed by atoms with E-state index in [9.17, 15) is 4.79 Å². The van der Waals surface area contributed by atoms with Gasteiger partial charge >= 0.3 is 0 Å². The van der Waals surface area contributed by atoms with Gasteiger partial charge in [0.1, 0.15) is 5.75 Å². The smallest absolute Gasteiger partial charge is 0.262 e. The van der Waals surface area contributed by atoms with Crippen LogP contribution in [0.4, 0.5) is 5.69 Å². The number of carbonyl (C=O) groups is 1. The van der Waals surface area contributed by atoms with E-state index in [0.29, 0.717) is 12.3 Å². The largest absolute Gasteiger partial charge is 0.483 e. The number of ether oxygens (including phenoxy) is 1. The number of amides is 1. The second-order valence-corrected chi connectivity index (χ2v) is 5.41. The Morgan fingerprint density at radius 3 is 2.57 bits per heavy atom. The molecule has 5 heteroatoms. The minimum absolute atomic E-state index is 0.0301. The van der Waals surface area contributed by atoms with Crippen LogP contribution in [0.1, 0.15) is 5.56 Å². The number of rotatable bonds is 6. The number of nitrogens with one attached hydrogen (secondary N) is 1. The number of hydrogen-bond acceptors (Lipinski definition) is 3. The van der Waals surface area contributed by atoms with E-state index >= 15 is 0 Å². The van der Waals surface area contributed by atoms with Gasteiger partial charge in [-0.25, -0.2) is 0 Å². The summed E-state index contributed by atoms with van der Waals surface area (Å²) in [4.78, 5) is 11.9. The molecular formula is C16H17BrN2O2. The molecule has 110 valence electrons. The van der Waals surface area contributed by atoms with Crippen molar-refractivity contribution >= 4 is 27.5 Å². The van der Waals surface area contributed by atoms with Crippen LogP contribution in [0.25, 0.3) is 0 Å². The zero-order chi connectivity index (χ0) is 15.1. The van der Waals surface area contributed by atoms with Gasteiger partial charge in [0.2, 0.25) is 0 Å². The molecule has 0 unspecified atom stereocenters. The first-order valence-electron chi connectivity index (χ1n) is 6.65. The molecule has 4 nitrogen and oxygen atoms in total. The van der Waals surface area contributed by atoms with E-state index in [0.717, 1.165) is 22.1 Å². The van der Waals surface area contributed by atoms with E-state index in [1.54, 1.807) is 0 Å². The normalized spacial score (nSPS) is 10.2. The van der Waals surface area contributed by atoms with E-state index < -0.39 is 0 Å². The monoisotopic (exact) mass is 348 g/mol. The molecule has 0 aliphatic carbocycles. The summed E-state index contributed by atoms with van der Waals surface area (Å²) in [5.74, 6) is 0.508. The summed E-state index contributed by atoms with van der Waals surface area (Å²) in [7, 11) is 0. The summed E-state index contributed by atoms with van der Waals surface area (Å²) in [5.41, 5.74) is 7.31. The minimum atomic E-state index is -0.195. The molecule has 2 rings (SSSR count). The Kier molecular flexibility index (Phi) is 5.78. The fourth-order valence-corrected chi connectivity index (χ4v) is 2.14. The molecule has 0 heterocycles. The van der Waals surface area contributed by atoms with Crippen LogP contribution in [0, 0.1) is 0 Å². The zero-order valence-electron chi connectivity index (χ0n) is 11.5. The van der Waals surface area contributed by atoms with Gasteiger partial charge in [-0.3, -0.25) is 4.79 Å². The number of benzene rings is 2. The molecular weight excluding hydrogens is 332 g/mol. The van der Waals surface area contributed by atoms with Gasteiger partial charge in [-0.05, 0) is 48.9 Å². The van der Waals surface area contributed by atoms with Crippen molar-refractivity contribution in [3.05, 3.63) is 58.6 Å². The van der Waals surface area contributed by atoms with Crippen LogP contribution in [-0.2, 0) is 11.2 Å². The average Bonchev–Trinajstić information content (AvgIpc) is 2.49. The van der Waals surface area contributed by atoms with Crippen LogP contribution < -0.4 is 15.8 Å². The number of para-hydroxylation sites is 1. The second-order valence-electron chi connectivity index (χ2n) is 4.49. The van der Waals surface area contributed by atoms with Crippen molar-refractivity contribution in [2.45, 2.75) is 6.42 Å². The molecule has 0 radical (unpaired) electrons. The van der Waals surface area contributed by atoms with Gasteiger partial charge in [-0.15, -0.1) is 0 Å². The molecule has 0 atom stereocenters. The lowest BCUT2D eigenvalue weighted by molar-refractivity contribution is -0.118. The van der Waals surface area contributed by atoms with Crippen molar-refractivity contribution < 1.29 is 9.53 Å². The fraction of sp³-hybridized carbons (Fsp3) is 0.188. The first kappa shape index (κ1) is 15.5. The van der Waals surface area contributed by atoms with Crippen molar-refractivity contribution in [3.8, 4) is 5.75 Å². The Balaban J connectivity index is 1.90. The predicted molar refractivity (Wildman–Crippen MR) is 87.5 cm³/mol. The quantitative estimate of drug-likeness (QED) is 0.843. The van der Waals surface area contributed by atoms with E-state index in [1.807, 2.05) is 48.5 Å². The summed E-state index contributed by atoms with van der Waals surface area (Å²) in [5, 5.41) is 2.78. The lowest BCUT2D eigenvalue weighted by Crippen LogP contribution is -2.20. The Morgan fingerprint density at radius 2 is 1.86 bits per heavy atom. The van der Waals surface area contributed by atoms with Crippen molar-refractivity contribution in [1.82, 2.24) is 0 Å². The van der Waals surface area contributed by atoms with Gasteiger partial charge in [0.25, 0.3) is 5.91 Å². The number of nitrogens with two attached hydrogens (primary N) is 1. The average molecular weight is 349 g/mol. The minimum Gasteiger partial charge on any atom is -0.483 e. The maximum Gasteiger partial charge on any atom is 0.262 e. The summed E-state index contributed by atoms with van der Waals surface area (Å²) in [6.07, 6.45) is 0.727. The number of anilines is 1. The Hall–Kier alpha value is -1.85. The van der Waals surface area contributed by atoms with E-state index in [-0.39, 0.29) is 12.5 Å². The van der Waals surface area contributed by atoms with E-state index in [4.69, 9.17) is 10.5 Å². The molecule has 2 aromatic carbocycles. The van der Waals surface area contributed by atoms with Crippen molar-refractivity contribution in [2.24, 2.45) is 5.73 Å². The van der Waals surface area contributed by atoms with Gasteiger partial charge in [0.05, 0.1) is 0 Å². The highest BCUT2D eigenvalue weighted by molar-refractivity contribution is 9.10. The fourth-order valence-electron chi connectivity index (χ4n) is 1.88. The maximum absolute atomic E-state index is 11.9. The third-order valence-corrected chi connectivity index (χ3v) is 3.40. The van der Waals surface area contributed by atoms with Crippen molar-refractivity contribution in [3.63, 3.8) is 0 Å². The standard InChI is InChI=1S/C16H17BrN2O2/c17-13-5-7-14(8-6-13)19-16(20)11-21-15-4-2-1-3-12(15)9-10-18/h1-8H,9-11,18H2,(H,19,20). The molecule has 3 N–H and O–H groups in total. The van der Waals surface area contributed by atoms with Crippen LogP contribution >= 0.6 is 15.9 Å². The van der Waals surface area contributed by atoms with Gasteiger partial charge in [-0.2, -0.15) is 0 Å². The van der Waals surface area contributed by atoms with E-state index in [2.05, 4.69) is 21.2 Å². The van der Waals surface area contributed by atoms with Crippen molar-refractivity contribution in [1.29, 1.82) is 0 Å². The third kappa shape index (κ3) is 4.88. The zero-order valence-corrected chi connectivity index (χ0v) is 13.1. The number of carbonyl (C=O) groups excluding carboxylic acids is 1. The first-order valence-corrected chi connectivity index (χ1v) is 7.44. The van der Waals surface area contributed by atoms with Gasteiger partial charge in [0.15, 0.2) is 6.61 Å². The van der Waals surface area contributed by atoms with Crippen LogP contribution in [-0.4, -0.2) is 19.1 Å². The summed E-state index contributed by atoms with van der Waals surface area (Å²) >= 11 is 3.35. The summed E-state index contributed by atoms with van der Waals surface area (Å²) in [6, 6.07) is 15.0. The molecule has 0 saturated carbocycles. The maximum atomic E-state index is 11.9. The van der Waals surface area contributed by atoms with Crippen LogP contribution in [0.3, 0.4) is 0 Å². The SMILES string of the molecule is NCCc1ccccc1OCC(=O)Nc1ccc(Br)cc1. The predicted octanol–water partition coefficient (Wildman–Crippen LogP) is 2.97. The van der Waals surface area contributed by atoms with Crippen LogP contribution in [0.2, 0.25) is 0 Å². The third-order valence-electron chi connectivity index (χ3n) is 2.87. The highest BCUT2D eigenvalue weighted by atomic mass is 79.9. The lowest BCUT2D eigenvalue weighted by atomic mass is 10.1. The molecule has 0 spiro atoms. The number of hydrogen-bond donors (Lipinski definition) is 2. The van der Waals surface area contributed by atoms with Crippen LogP contribution in [0.5, 0.6) is 5.75 Å². The molecule has 0 aliphatic rings. The first-order chi connectivity index (χ1) is 10.2. The van der Waals surface area contributed by atoms with Gasteiger partial charge in [0, 0.05) is 10.2 Å². The summed E-state index contributed by atoms with van der Waals surface area (Å²) < 4.78 is 6.54. The molecule has 0 bridgehead atoms. The van der Waals surface area contributed by atoms with Gasteiger partial charge < -0.3 is 15.8 Å². The molecule has 0 aliphatic heterocycles. The lowest BCUT2D eigenvalue weighted by Gasteiger charge is -2.11. The second kappa shape index (κ2) is 7.81. The molecule has 0 aromatic heterocycles. The highest BCUT2D eigenvalue weighted by Gasteiger charge is 2.06. The Bertz CT molecular complexity index is 599. The van der Waals surface area contributed by atoms with Crippen LogP contribution in [0.15, 0.2) is 53.0 Å². The Morgan fingerprint density at radius 1 is 1.14 bits per heavy atom. The molecule has 0 saturated heterocycles. The molecule has 0 fully saturated rings. The van der Waals surface area contributed by atoms with Crippen molar-refractivity contribution in [2.75, 3.05) is 18.5 Å². The van der Waals surface area contributed by atoms with Gasteiger partial charge in [-0.1, -0.05) is 34.1 Å². The Labute approximate surface area is 132 Å². The molecule has 2 aromatic rings. The number of halogens is 1. The molecule has 21 heavy (non-hydrogen) atoms. The molecule has 1 amide bonds. The topological polar surface area (TPSA) is 64.3 Å².